The third-order valence-electron chi connectivity index (χ3n) is 6.14. The zero-order chi connectivity index (χ0) is 23.8. The number of carbonyl (C=O) groups excluding carboxylic acids is 2. The number of ether oxygens (including phenoxy) is 1. The van der Waals surface area contributed by atoms with E-state index in [0.717, 1.165) is 42.9 Å². The summed E-state index contributed by atoms with van der Waals surface area (Å²) in [4.78, 5) is 26.7. The highest BCUT2D eigenvalue weighted by atomic mass is 16.5. The van der Waals surface area contributed by atoms with Gasteiger partial charge in [0.15, 0.2) is 0 Å². The summed E-state index contributed by atoms with van der Waals surface area (Å²) in [6.45, 7) is 3.36. The maximum Gasteiger partial charge on any atom is 0.320 e. The molecule has 2 aromatic carbocycles. The maximum atomic E-state index is 12.8. The molecule has 180 valence electrons. The Morgan fingerprint density at radius 2 is 1.82 bits per heavy atom. The van der Waals surface area contributed by atoms with E-state index in [1.165, 1.54) is 24.8 Å². The molecule has 2 N–H and O–H groups in total. The standard InChI is InChI=1S/C26H32N4O4/c31-14-15-34-25(32)19-29-13-10-21-6-7-22(16-23(21)18-29)26(33)28-24-8-4-20(5-9-24)17-27-30-11-2-1-3-12-30/h4-9,16-17,31H,1-3,10-15,18-19H2,(H,28,33)/b27-17+. The van der Waals surface area contributed by atoms with Crippen molar-refractivity contribution in [2.75, 3.05) is 44.7 Å². The van der Waals surface area contributed by atoms with Crippen molar-refractivity contribution in [2.24, 2.45) is 5.10 Å². The molecule has 1 saturated heterocycles. The van der Waals surface area contributed by atoms with Gasteiger partial charge in [-0.25, -0.2) is 0 Å². The van der Waals surface area contributed by atoms with E-state index in [1.54, 1.807) is 0 Å². The van der Waals surface area contributed by atoms with Crippen LogP contribution in [0.4, 0.5) is 5.69 Å². The molecule has 2 aliphatic heterocycles. The number of benzene rings is 2. The van der Waals surface area contributed by atoms with E-state index in [-0.39, 0.29) is 31.6 Å². The summed E-state index contributed by atoms with van der Waals surface area (Å²) < 4.78 is 4.96. The van der Waals surface area contributed by atoms with Gasteiger partial charge >= 0.3 is 5.97 Å². The minimum atomic E-state index is -0.351. The molecule has 0 atom stereocenters. The van der Waals surface area contributed by atoms with Crippen molar-refractivity contribution in [3.05, 3.63) is 64.7 Å². The van der Waals surface area contributed by atoms with Gasteiger partial charge in [0.25, 0.3) is 5.91 Å². The third-order valence-corrected chi connectivity index (χ3v) is 6.14. The first-order valence-corrected chi connectivity index (χ1v) is 11.9. The summed E-state index contributed by atoms with van der Waals surface area (Å²) >= 11 is 0. The Morgan fingerprint density at radius 1 is 1.03 bits per heavy atom. The Labute approximate surface area is 200 Å². The topological polar surface area (TPSA) is 94.5 Å². The number of nitrogens with zero attached hydrogens (tertiary/aromatic N) is 3. The van der Waals surface area contributed by atoms with E-state index in [9.17, 15) is 9.59 Å². The summed E-state index contributed by atoms with van der Waals surface area (Å²) in [5, 5.41) is 18.4. The number of aliphatic hydroxyl groups excluding tert-OH is 1. The highest BCUT2D eigenvalue weighted by Gasteiger charge is 2.20. The fourth-order valence-corrected chi connectivity index (χ4v) is 4.28. The molecule has 2 heterocycles. The van der Waals surface area contributed by atoms with Gasteiger partial charge in [-0.15, -0.1) is 0 Å². The smallest absolute Gasteiger partial charge is 0.320 e. The van der Waals surface area contributed by atoms with Crippen molar-refractivity contribution in [1.29, 1.82) is 0 Å². The number of carbonyl (C=O) groups is 2. The monoisotopic (exact) mass is 464 g/mol. The first-order chi connectivity index (χ1) is 16.6. The number of hydrogen-bond donors (Lipinski definition) is 2. The number of rotatable bonds is 8. The van der Waals surface area contributed by atoms with Crippen LogP contribution in [0.25, 0.3) is 0 Å². The van der Waals surface area contributed by atoms with E-state index < -0.39 is 0 Å². The highest BCUT2D eigenvalue weighted by Crippen LogP contribution is 2.21. The second-order valence-electron chi connectivity index (χ2n) is 8.72. The number of amides is 1. The van der Waals surface area contributed by atoms with Crippen molar-refractivity contribution >= 4 is 23.8 Å². The number of nitrogens with one attached hydrogen (secondary N) is 1. The molecule has 0 aromatic heterocycles. The zero-order valence-corrected chi connectivity index (χ0v) is 19.4. The Hall–Kier alpha value is -3.23. The fraction of sp³-hybridized carbons (Fsp3) is 0.423. The first kappa shape index (κ1) is 23.9. The van der Waals surface area contributed by atoms with Crippen molar-refractivity contribution in [3.63, 3.8) is 0 Å². The van der Waals surface area contributed by atoms with Gasteiger partial charge in [0.05, 0.1) is 19.4 Å². The molecule has 1 fully saturated rings. The van der Waals surface area contributed by atoms with Gasteiger partial charge in [-0.2, -0.15) is 5.10 Å². The summed E-state index contributed by atoms with van der Waals surface area (Å²) in [5.41, 5.74) is 4.53. The number of piperidine rings is 1. The molecule has 0 aliphatic carbocycles. The Kier molecular flexibility index (Phi) is 8.27. The van der Waals surface area contributed by atoms with Gasteiger partial charge in [0, 0.05) is 37.4 Å². The predicted octanol–water partition coefficient (Wildman–Crippen LogP) is 2.65. The van der Waals surface area contributed by atoms with Gasteiger partial charge in [-0.05, 0) is 66.6 Å². The van der Waals surface area contributed by atoms with Crippen LogP contribution in [0.2, 0.25) is 0 Å². The van der Waals surface area contributed by atoms with Crippen LogP contribution in [0.1, 0.15) is 46.3 Å². The maximum absolute atomic E-state index is 12.8. The van der Waals surface area contributed by atoms with Crippen LogP contribution in [-0.2, 0) is 22.5 Å². The molecule has 2 aliphatic rings. The van der Waals surface area contributed by atoms with Gasteiger partial charge in [0.1, 0.15) is 6.61 Å². The number of hydrogen-bond acceptors (Lipinski definition) is 7. The predicted molar refractivity (Wildman–Crippen MR) is 131 cm³/mol. The lowest BCUT2D eigenvalue weighted by Crippen LogP contribution is -2.36. The molecule has 34 heavy (non-hydrogen) atoms. The summed E-state index contributed by atoms with van der Waals surface area (Å²) in [5.74, 6) is -0.521. The van der Waals surface area contributed by atoms with Crippen LogP contribution in [0.3, 0.4) is 0 Å². The van der Waals surface area contributed by atoms with E-state index in [2.05, 4.69) is 15.4 Å². The second-order valence-corrected chi connectivity index (χ2v) is 8.72. The molecule has 0 bridgehead atoms. The summed E-state index contributed by atoms with van der Waals surface area (Å²) in [6.07, 6.45) is 6.35. The Bertz CT molecular complexity index is 1020. The van der Waals surface area contributed by atoms with Crippen LogP contribution in [0, 0.1) is 0 Å². The zero-order valence-electron chi connectivity index (χ0n) is 19.4. The number of hydrazone groups is 1. The number of fused-ring (bicyclic) bond motifs is 1. The van der Waals surface area contributed by atoms with Crippen molar-refractivity contribution in [3.8, 4) is 0 Å². The van der Waals surface area contributed by atoms with Crippen LogP contribution >= 0.6 is 0 Å². The summed E-state index contributed by atoms with van der Waals surface area (Å²) in [7, 11) is 0. The fourth-order valence-electron chi connectivity index (χ4n) is 4.28. The van der Waals surface area contributed by atoms with Gasteiger partial charge < -0.3 is 15.2 Å². The van der Waals surface area contributed by atoms with Gasteiger partial charge in [0.2, 0.25) is 0 Å². The minimum absolute atomic E-state index is 0.0137. The molecule has 4 rings (SSSR count). The Morgan fingerprint density at radius 3 is 2.59 bits per heavy atom. The third kappa shape index (κ3) is 6.65. The first-order valence-electron chi connectivity index (χ1n) is 11.9. The van der Waals surface area contributed by atoms with Crippen LogP contribution in [0.15, 0.2) is 47.6 Å². The number of anilines is 1. The van der Waals surface area contributed by atoms with E-state index >= 15 is 0 Å². The lowest BCUT2D eigenvalue weighted by Gasteiger charge is -2.28. The van der Waals surface area contributed by atoms with Crippen LogP contribution < -0.4 is 5.32 Å². The van der Waals surface area contributed by atoms with E-state index in [1.807, 2.05) is 53.6 Å². The largest absolute Gasteiger partial charge is 0.462 e. The number of aliphatic hydroxyl groups is 1. The molecule has 0 spiro atoms. The molecule has 1 amide bonds. The molecule has 0 saturated carbocycles. The van der Waals surface area contributed by atoms with Gasteiger partial charge in [-0.1, -0.05) is 18.2 Å². The van der Waals surface area contributed by atoms with E-state index in [4.69, 9.17) is 9.84 Å². The average Bonchev–Trinajstić information content (AvgIpc) is 2.87. The quantitative estimate of drug-likeness (QED) is 0.461. The number of esters is 1. The van der Waals surface area contributed by atoms with Crippen LogP contribution in [0.5, 0.6) is 0 Å². The molecular formula is C26H32N4O4. The van der Waals surface area contributed by atoms with Crippen LogP contribution in [-0.4, -0.2) is 72.5 Å². The normalized spacial score (nSPS) is 16.3. The van der Waals surface area contributed by atoms with Gasteiger partial charge in [-0.3, -0.25) is 19.5 Å². The lowest BCUT2D eigenvalue weighted by molar-refractivity contribution is -0.146. The lowest BCUT2D eigenvalue weighted by atomic mass is 9.97. The second kappa shape index (κ2) is 11.8. The highest BCUT2D eigenvalue weighted by molar-refractivity contribution is 6.04. The molecule has 8 heteroatoms. The summed E-state index contributed by atoms with van der Waals surface area (Å²) in [6, 6.07) is 13.4. The Balaban J connectivity index is 1.33. The molecule has 8 nitrogen and oxygen atoms in total. The molecule has 0 radical (unpaired) electrons. The SMILES string of the molecule is O=C(CN1CCc2ccc(C(=O)Nc3ccc(/C=N/N4CCCCC4)cc3)cc2C1)OCCO. The average molecular weight is 465 g/mol. The van der Waals surface area contributed by atoms with Crippen molar-refractivity contribution in [1.82, 2.24) is 9.91 Å². The molecule has 0 unspecified atom stereocenters. The molecular weight excluding hydrogens is 432 g/mol. The molecule has 2 aromatic rings. The van der Waals surface area contributed by atoms with E-state index in [0.29, 0.717) is 12.1 Å². The van der Waals surface area contributed by atoms with Crippen molar-refractivity contribution in [2.45, 2.75) is 32.2 Å². The minimum Gasteiger partial charge on any atom is -0.462 e. The van der Waals surface area contributed by atoms with Crippen molar-refractivity contribution < 1.29 is 19.4 Å².